The molecule has 28 heavy (non-hydrogen) atoms. The van der Waals surface area contributed by atoms with E-state index in [-0.39, 0.29) is 27.0 Å². The normalized spacial score (nSPS) is 12.1. The molecule has 152 valence electrons. The second kappa shape index (κ2) is 8.16. The summed E-state index contributed by atoms with van der Waals surface area (Å²) >= 11 is 11.7. The van der Waals surface area contributed by atoms with Crippen molar-refractivity contribution < 1.29 is 26.4 Å². The fraction of sp³-hybridized carbons (Fsp3) is 0.188. The number of alkyl halides is 3. The smallest absolute Gasteiger partial charge is 0.321 e. The number of hydrogen-bond acceptors (Lipinski definition) is 3. The topological polar surface area (TPSA) is 78.5 Å². The number of benzene rings is 2. The number of halogens is 5. The van der Waals surface area contributed by atoms with E-state index in [4.69, 9.17) is 23.2 Å². The van der Waals surface area contributed by atoms with Crippen molar-refractivity contribution in [3.05, 3.63) is 57.6 Å². The number of nitrogens with one attached hydrogen (secondary N) is 2. The molecule has 0 aromatic heterocycles. The standard InChI is InChI=1S/C16H14Cl2F3N3O3S/c1-24(2)28(26,27)23-13-6-4-10(17)8-11(13)15(25)22-14-5-3-9(7-12(14)18)16(19,20)21/h3-8,23H,1-2H3,(H,22,25). The van der Waals surface area contributed by atoms with Crippen molar-refractivity contribution in [2.45, 2.75) is 6.18 Å². The van der Waals surface area contributed by atoms with E-state index < -0.39 is 27.9 Å². The Kier molecular flexibility index (Phi) is 6.49. The van der Waals surface area contributed by atoms with Crippen molar-refractivity contribution in [1.82, 2.24) is 4.31 Å². The van der Waals surface area contributed by atoms with E-state index in [2.05, 4.69) is 10.0 Å². The molecule has 0 bridgehead atoms. The van der Waals surface area contributed by atoms with Crippen LogP contribution in [0.4, 0.5) is 24.5 Å². The average molecular weight is 456 g/mol. The predicted octanol–water partition coefficient (Wildman–Crippen LogP) is 4.48. The molecule has 0 fully saturated rings. The highest BCUT2D eigenvalue weighted by Crippen LogP contribution is 2.34. The Morgan fingerprint density at radius 1 is 1.04 bits per heavy atom. The molecule has 0 atom stereocenters. The molecular weight excluding hydrogens is 442 g/mol. The number of hydrogen-bond donors (Lipinski definition) is 2. The van der Waals surface area contributed by atoms with E-state index in [0.717, 1.165) is 16.4 Å². The number of anilines is 2. The highest BCUT2D eigenvalue weighted by Gasteiger charge is 2.31. The average Bonchev–Trinajstić information content (AvgIpc) is 2.57. The van der Waals surface area contributed by atoms with Crippen molar-refractivity contribution in [2.75, 3.05) is 24.1 Å². The number of amides is 1. The Hall–Kier alpha value is -2.01. The molecule has 6 nitrogen and oxygen atoms in total. The monoisotopic (exact) mass is 455 g/mol. The molecule has 2 aromatic rings. The van der Waals surface area contributed by atoms with E-state index >= 15 is 0 Å². The molecule has 0 aliphatic carbocycles. The summed E-state index contributed by atoms with van der Waals surface area (Å²) in [4.78, 5) is 12.6. The maximum Gasteiger partial charge on any atom is 0.416 e. The Labute approximate surface area is 169 Å². The molecule has 0 radical (unpaired) electrons. The van der Waals surface area contributed by atoms with Gasteiger partial charge in [0.2, 0.25) is 0 Å². The first-order chi connectivity index (χ1) is 12.8. The van der Waals surface area contributed by atoms with E-state index in [9.17, 15) is 26.4 Å². The SMILES string of the molecule is CN(C)S(=O)(=O)Nc1ccc(Cl)cc1C(=O)Nc1ccc(C(F)(F)F)cc1Cl. The Morgan fingerprint density at radius 2 is 1.64 bits per heavy atom. The van der Waals surface area contributed by atoms with Crippen LogP contribution in [0.2, 0.25) is 10.0 Å². The molecule has 0 aliphatic heterocycles. The second-order valence-corrected chi connectivity index (χ2v) is 8.45. The van der Waals surface area contributed by atoms with Crippen LogP contribution in [0.5, 0.6) is 0 Å². The van der Waals surface area contributed by atoms with E-state index in [1.54, 1.807) is 0 Å². The van der Waals surface area contributed by atoms with Gasteiger partial charge in [0.15, 0.2) is 0 Å². The van der Waals surface area contributed by atoms with Gasteiger partial charge < -0.3 is 5.32 Å². The molecule has 2 N–H and O–H groups in total. The lowest BCUT2D eigenvalue weighted by Crippen LogP contribution is -2.30. The zero-order valence-electron chi connectivity index (χ0n) is 14.4. The van der Waals surface area contributed by atoms with Crippen molar-refractivity contribution in [3.63, 3.8) is 0 Å². The molecular formula is C16H14Cl2F3N3O3S. The molecule has 0 spiro atoms. The number of carbonyl (C=O) groups excluding carboxylic acids is 1. The maximum atomic E-state index is 12.7. The molecule has 0 saturated carbocycles. The highest BCUT2D eigenvalue weighted by atomic mass is 35.5. The van der Waals surface area contributed by atoms with E-state index in [1.807, 2.05) is 0 Å². The molecule has 0 saturated heterocycles. The van der Waals surface area contributed by atoms with Gasteiger partial charge in [0.25, 0.3) is 5.91 Å². The van der Waals surface area contributed by atoms with Crippen LogP contribution in [0.3, 0.4) is 0 Å². The van der Waals surface area contributed by atoms with Crippen LogP contribution in [0, 0.1) is 0 Å². The number of nitrogens with zero attached hydrogens (tertiary/aromatic N) is 1. The van der Waals surface area contributed by atoms with E-state index in [1.165, 1.54) is 32.3 Å². The zero-order chi connectivity index (χ0) is 21.3. The Bertz CT molecular complexity index is 1010. The Morgan fingerprint density at radius 3 is 2.18 bits per heavy atom. The lowest BCUT2D eigenvalue weighted by Gasteiger charge is -2.17. The Balaban J connectivity index is 2.36. The maximum absolute atomic E-state index is 12.7. The minimum atomic E-state index is -4.59. The summed E-state index contributed by atoms with van der Waals surface area (Å²) in [5.41, 5.74) is -1.27. The van der Waals surface area contributed by atoms with Gasteiger partial charge >= 0.3 is 16.4 Å². The van der Waals surface area contributed by atoms with Crippen molar-refractivity contribution in [1.29, 1.82) is 0 Å². The van der Waals surface area contributed by atoms with Crippen LogP contribution in [0.15, 0.2) is 36.4 Å². The van der Waals surface area contributed by atoms with Crippen LogP contribution < -0.4 is 10.0 Å². The van der Waals surface area contributed by atoms with Gasteiger partial charge in [-0.15, -0.1) is 0 Å². The first-order valence-electron chi connectivity index (χ1n) is 7.49. The second-order valence-electron chi connectivity index (χ2n) is 5.73. The van der Waals surface area contributed by atoms with Crippen LogP contribution in [0.1, 0.15) is 15.9 Å². The third-order valence-corrected chi connectivity index (χ3v) is 5.48. The molecule has 0 heterocycles. The third kappa shape index (κ3) is 5.28. The minimum absolute atomic E-state index is 0.0707. The number of rotatable bonds is 5. The summed E-state index contributed by atoms with van der Waals surface area (Å²) in [5.74, 6) is -0.819. The summed E-state index contributed by atoms with van der Waals surface area (Å²) in [6.07, 6.45) is -4.59. The van der Waals surface area contributed by atoms with Crippen molar-refractivity contribution >= 4 is 50.7 Å². The van der Waals surface area contributed by atoms with Gasteiger partial charge in [-0.2, -0.15) is 25.9 Å². The first kappa shape index (κ1) is 22.3. The van der Waals surface area contributed by atoms with Gasteiger partial charge in [0.05, 0.1) is 27.5 Å². The van der Waals surface area contributed by atoms with Crippen LogP contribution >= 0.6 is 23.2 Å². The highest BCUT2D eigenvalue weighted by molar-refractivity contribution is 7.90. The summed E-state index contributed by atoms with van der Waals surface area (Å²) in [6, 6.07) is 6.29. The first-order valence-corrected chi connectivity index (χ1v) is 9.69. The lowest BCUT2D eigenvalue weighted by atomic mass is 10.1. The van der Waals surface area contributed by atoms with Crippen molar-refractivity contribution in [2.24, 2.45) is 0 Å². The lowest BCUT2D eigenvalue weighted by molar-refractivity contribution is -0.137. The molecule has 0 unspecified atom stereocenters. The van der Waals surface area contributed by atoms with Gasteiger partial charge in [-0.05, 0) is 36.4 Å². The molecule has 0 aliphatic rings. The fourth-order valence-corrected chi connectivity index (χ4v) is 3.04. The van der Waals surface area contributed by atoms with E-state index in [0.29, 0.717) is 6.07 Å². The van der Waals surface area contributed by atoms with Crippen LogP contribution in [-0.4, -0.2) is 32.7 Å². The fourth-order valence-electron chi connectivity index (χ4n) is 2.01. The third-order valence-electron chi connectivity index (χ3n) is 3.49. The summed E-state index contributed by atoms with van der Waals surface area (Å²) < 4.78 is 65.3. The van der Waals surface area contributed by atoms with Crippen LogP contribution in [0.25, 0.3) is 0 Å². The molecule has 2 aromatic carbocycles. The quantitative estimate of drug-likeness (QED) is 0.697. The largest absolute Gasteiger partial charge is 0.416 e. The summed E-state index contributed by atoms with van der Waals surface area (Å²) in [5, 5.41) is 2.16. The minimum Gasteiger partial charge on any atom is -0.321 e. The van der Waals surface area contributed by atoms with Gasteiger partial charge in [-0.3, -0.25) is 9.52 Å². The summed E-state index contributed by atoms with van der Waals surface area (Å²) in [7, 11) is -1.33. The van der Waals surface area contributed by atoms with Crippen LogP contribution in [-0.2, 0) is 16.4 Å². The van der Waals surface area contributed by atoms with Gasteiger partial charge in [-0.25, -0.2) is 0 Å². The molecule has 1 amide bonds. The van der Waals surface area contributed by atoms with Gasteiger partial charge in [0, 0.05) is 19.1 Å². The van der Waals surface area contributed by atoms with Gasteiger partial charge in [0.1, 0.15) is 0 Å². The summed E-state index contributed by atoms with van der Waals surface area (Å²) in [6.45, 7) is 0. The predicted molar refractivity (Wildman–Crippen MR) is 102 cm³/mol. The molecule has 2 rings (SSSR count). The molecule has 12 heteroatoms. The van der Waals surface area contributed by atoms with Crippen molar-refractivity contribution in [3.8, 4) is 0 Å². The van der Waals surface area contributed by atoms with Gasteiger partial charge in [-0.1, -0.05) is 23.2 Å². The zero-order valence-corrected chi connectivity index (χ0v) is 16.8. The number of carbonyl (C=O) groups is 1.